The molecular weight excluding hydrogens is 414 g/mol. The van der Waals surface area contributed by atoms with Crippen LogP contribution in [0.2, 0.25) is 0 Å². The molecule has 0 atom stereocenters. The van der Waals surface area contributed by atoms with Gasteiger partial charge < -0.3 is 14.5 Å². The Morgan fingerprint density at radius 2 is 1.94 bits per heavy atom. The van der Waals surface area contributed by atoms with Gasteiger partial charge in [-0.25, -0.2) is 4.98 Å². The van der Waals surface area contributed by atoms with Crippen LogP contribution in [0.15, 0.2) is 52.9 Å². The summed E-state index contributed by atoms with van der Waals surface area (Å²) in [4.78, 5) is 19.8. The lowest BCUT2D eigenvalue weighted by molar-refractivity contribution is -0.126. The van der Waals surface area contributed by atoms with Gasteiger partial charge in [0.2, 0.25) is 11.8 Å². The largest absolute Gasteiger partial charge is 0.493 e. The number of nitrogens with one attached hydrogen (secondary N) is 1. The van der Waals surface area contributed by atoms with Gasteiger partial charge in [0.1, 0.15) is 11.5 Å². The van der Waals surface area contributed by atoms with E-state index in [0.717, 1.165) is 60.8 Å². The highest BCUT2D eigenvalue weighted by atomic mass is 16.5. The number of nitrogens with zero attached hydrogens (tertiary/aromatic N) is 2. The van der Waals surface area contributed by atoms with Crippen LogP contribution in [0.4, 0.5) is 0 Å². The van der Waals surface area contributed by atoms with Crippen molar-refractivity contribution in [2.75, 3.05) is 19.7 Å². The molecule has 0 radical (unpaired) electrons. The number of hydrogen-bond donors (Lipinski definition) is 1. The van der Waals surface area contributed by atoms with Crippen LogP contribution in [-0.4, -0.2) is 35.5 Å². The normalized spacial score (nSPS) is 14.9. The predicted octanol–water partition coefficient (Wildman–Crippen LogP) is 4.89. The molecule has 0 saturated carbocycles. The summed E-state index contributed by atoms with van der Waals surface area (Å²) >= 11 is 0. The minimum atomic E-state index is 0.0677. The Labute approximate surface area is 196 Å². The molecule has 1 aromatic heterocycles. The molecule has 33 heavy (non-hydrogen) atoms. The maximum absolute atomic E-state index is 12.7. The lowest BCUT2D eigenvalue weighted by Gasteiger charge is -2.30. The van der Waals surface area contributed by atoms with E-state index in [-0.39, 0.29) is 11.8 Å². The average Bonchev–Trinajstić information content (AvgIpc) is 3.18. The molecule has 0 aliphatic carbocycles. The van der Waals surface area contributed by atoms with E-state index in [1.165, 1.54) is 5.56 Å². The number of benzene rings is 2. The van der Waals surface area contributed by atoms with Gasteiger partial charge >= 0.3 is 0 Å². The van der Waals surface area contributed by atoms with E-state index in [2.05, 4.69) is 35.3 Å². The molecule has 0 unspecified atom stereocenters. The van der Waals surface area contributed by atoms with Crippen molar-refractivity contribution < 1.29 is 13.9 Å². The number of oxazole rings is 1. The molecule has 1 fully saturated rings. The van der Waals surface area contributed by atoms with E-state index in [1.807, 2.05) is 44.2 Å². The third-order valence-electron chi connectivity index (χ3n) is 6.19. The number of carbonyl (C=O) groups is 1. The minimum Gasteiger partial charge on any atom is -0.493 e. The summed E-state index contributed by atoms with van der Waals surface area (Å²) in [6, 6.07) is 16.1. The monoisotopic (exact) mass is 447 g/mol. The van der Waals surface area contributed by atoms with E-state index in [1.54, 1.807) is 0 Å². The molecule has 3 aromatic rings. The minimum absolute atomic E-state index is 0.0677. The Balaban J connectivity index is 1.31. The number of likely N-dealkylation sites (tertiary alicyclic amines) is 1. The van der Waals surface area contributed by atoms with Crippen molar-refractivity contribution in [3.63, 3.8) is 0 Å². The number of aromatic nitrogens is 1. The highest BCUT2D eigenvalue weighted by Crippen LogP contribution is 2.31. The van der Waals surface area contributed by atoms with Crippen LogP contribution in [0.25, 0.3) is 11.5 Å². The first-order chi connectivity index (χ1) is 16.0. The van der Waals surface area contributed by atoms with Crippen molar-refractivity contribution in [3.05, 3.63) is 71.1 Å². The van der Waals surface area contributed by atoms with Crippen LogP contribution in [0.1, 0.15) is 42.3 Å². The van der Waals surface area contributed by atoms with Gasteiger partial charge in [0.05, 0.1) is 17.9 Å². The van der Waals surface area contributed by atoms with Gasteiger partial charge in [-0.2, -0.15) is 0 Å². The van der Waals surface area contributed by atoms with Crippen molar-refractivity contribution >= 4 is 5.91 Å². The van der Waals surface area contributed by atoms with Crippen LogP contribution in [0.5, 0.6) is 5.75 Å². The molecule has 2 aromatic carbocycles. The van der Waals surface area contributed by atoms with Gasteiger partial charge in [0.15, 0.2) is 0 Å². The van der Waals surface area contributed by atoms with E-state index in [0.29, 0.717) is 19.0 Å². The second kappa shape index (κ2) is 10.7. The summed E-state index contributed by atoms with van der Waals surface area (Å²) < 4.78 is 11.7. The van der Waals surface area contributed by atoms with Crippen LogP contribution in [-0.2, 0) is 17.9 Å². The molecular formula is C27H33N3O3. The fourth-order valence-electron chi connectivity index (χ4n) is 4.34. The van der Waals surface area contributed by atoms with Gasteiger partial charge in [-0.3, -0.25) is 9.69 Å². The second-order valence-electron chi connectivity index (χ2n) is 8.71. The maximum atomic E-state index is 12.7. The highest BCUT2D eigenvalue weighted by molar-refractivity contribution is 5.78. The molecule has 6 nitrogen and oxygen atoms in total. The Kier molecular flexibility index (Phi) is 7.45. The molecule has 1 N–H and O–H groups in total. The van der Waals surface area contributed by atoms with E-state index in [9.17, 15) is 4.79 Å². The lowest BCUT2D eigenvalue weighted by Crippen LogP contribution is -2.40. The van der Waals surface area contributed by atoms with Crippen molar-refractivity contribution in [1.82, 2.24) is 15.2 Å². The van der Waals surface area contributed by atoms with Gasteiger partial charge in [-0.15, -0.1) is 0 Å². The summed E-state index contributed by atoms with van der Waals surface area (Å²) in [5.74, 6) is 2.43. The number of carbonyl (C=O) groups excluding carboxylic acids is 1. The zero-order valence-electron chi connectivity index (χ0n) is 19.8. The average molecular weight is 448 g/mol. The summed E-state index contributed by atoms with van der Waals surface area (Å²) in [6.45, 7) is 9.65. The molecule has 2 heterocycles. The number of rotatable bonds is 8. The first-order valence-corrected chi connectivity index (χ1v) is 11.8. The Bertz CT molecular complexity index is 1080. The number of para-hydroxylation sites is 1. The van der Waals surface area contributed by atoms with Crippen molar-refractivity contribution in [2.24, 2.45) is 5.92 Å². The van der Waals surface area contributed by atoms with E-state index >= 15 is 0 Å². The fourth-order valence-corrected chi connectivity index (χ4v) is 4.34. The zero-order valence-corrected chi connectivity index (χ0v) is 19.8. The van der Waals surface area contributed by atoms with E-state index in [4.69, 9.17) is 14.1 Å². The van der Waals surface area contributed by atoms with Gasteiger partial charge in [0, 0.05) is 19.0 Å². The third-order valence-corrected chi connectivity index (χ3v) is 6.19. The third kappa shape index (κ3) is 5.82. The predicted molar refractivity (Wildman–Crippen MR) is 129 cm³/mol. The molecule has 1 aliphatic heterocycles. The molecule has 6 heteroatoms. The molecule has 1 saturated heterocycles. The maximum Gasteiger partial charge on any atom is 0.230 e. The van der Waals surface area contributed by atoms with Crippen LogP contribution in [0, 0.1) is 19.8 Å². The Morgan fingerprint density at radius 1 is 1.15 bits per heavy atom. The first-order valence-electron chi connectivity index (χ1n) is 11.8. The molecule has 0 bridgehead atoms. The zero-order chi connectivity index (χ0) is 23.2. The highest BCUT2D eigenvalue weighted by Gasteiger charge is 2.26. The number of piperidine rings is 1. The number of hydrogen-bond acceptors (Lipinski definition) is 5. The number of aryl methyl sites for hydroxylation is 2. The Hall–Kier alpha value is -3.12. The van der Waals surface area contributed by atoms with Crippen molar-refractivity contribution in [1.29, 1.82) is 0 Å². The molecule has 1 amide bonds. The summed E-state index contributed by atoms with van der Waals surface area (Å²) in [6.07, 6.45) is 1.72. The molecule has 0 spiro atoms. The summed E-state index contributed by atoms with van der Waals surface area (Å²) in [5, 5.41) is 3.11. The van der Waals surface area contributed by atoms with Crippen LogP contribution in [0.3, 0.4) is 0 Å². The van der Waals surface area contributed by atoms with Gasteiger partial charge in [-0.1, -0.05) is 42.0 Å². The fraction of sp³-hybridized carbons (Fsp3) is 0.407. The van der Waals surface area contributed by atoms with Crippen molar-refractivity contribution in [3.8, 4) is 17.2 Å². The van der Waals surface area contributed by atoms with Crippen LogP contribution < -0.4 is 10.1 Å². The van der Waals surface area contributed by atoms with Crippen LogP contribution >= 0.6 is 0 Å². The van der Waals surface area contributed by atoms with Gasteiger partial charge in [-0.05, 0) is 64.4 Å². The van der Waals surface area contributed by atoms with E-state index < -0.39 is 0 Å². The summed E-state index contributed by atoms with van der Waals surface area (Å²) in [7, 11) is 0. The number of amides is 1. The lowest BCUT2D eigenvalue weighted by atomic mass is 9.95. The summed E-state index contributed by atoms with van der Waals surface area (Å²) in [5.41, 5.74) is 4.17. The standard InChI is InChI=1S/C27H33N3O3/c1-4-32-25-11-6-5-10-23(25)27-29-24(20(3)33-27)18-30-14-12-22(13-15-30)26(31)28-17-21-9-7-8-19(2)16-21/h5-11,16,22H,4,12-15,17-18H2,1-3H3,(H,28,31). The van der Waals surface area contributed by atoms with Crippen molar-refractivity contribution in [2.45, 2.75) is 46.7 Å². The Morgan fingerprint density at radius 3 is 2.70 bits per heavy atom. The molecule has 1 aliphatic rings. The second-order valence-corrected chi connectivity index (χ2v) is 8.71. The quantitative estimate of drug-likeness (QED) is 0.533. The number of ether oxygens (including phenoxy) is 1. The smallest absolute Gasteiger partial charge is 0.230 e. The topological polar surface area (TPSA) is 67.6 Å². The SMILES string of the molecule is CCOc1ccccc1-c1nc(CN2CCC(C(=O)NCc3cccc(C)c3)CC2)c(C)o1. The first kappa shape index (κ1) is 23.1. The molecule has 174 valence electrons. The molecule has 4 rings (SSSR count). The van der Waals surface area contributed by atoms with Gasteiger partial charge in [0.25, 0.3) is 0 Å².